The molecule has 9 heteroatoms. The predicted molar refractivity (Wildman–Crippen MR) is 81.5 cm³/mol. The van der Waals surface area contributed by atoms with E-state index in [0.717, 1.165) is 11.6 Å². The molecule has 0 radical (unpaired) electrons. The summed E-state index contributed by atoms with van der Waals surface area (Å²) in [5.41, 5.74) is -0.104. The molecule has 0 aliphatic heterocycles. The van der Waals surface area contributed by atoms with Crippen LogP contribution in [0.2, 0.25) is 0 Å². The lowest BCUT2D eigenvalue weighted by Gasteiger charge is -2.30. The van der Waals surface area contributed by atoms with Crippen molar-refractivity contribution in [1.29, 1.82) is 0 Å². The molecule has 6 nitrogen and oxygen atoms in total. The Morgan fingerprint density at radius 3 is 2.75 bits per heavy atom. The quantitative estimate of drug-likeness (QED) is 0.733. The SMILES string of the molecule is CCN(c1cc(C(F)(F)F)nc2ncnn12)C(C)c1cccnc1. The lowest BCUT2D eigenvalue weighted by atomic mass is 10.1. The van der Waals surface area contributed by atoms with Crippen molar-refractivity contribution in [3.63, 3.8) is 0 Å². The maximum atomic E-state index is 13.1. The summed E-state index contributed by atoms with van der Waals surface area (Å²) in [6, 6.07) is 4.47. The Labute approximate surface area is 136 Å². The Morgan fingerprint density at radius 2 is 2.12 bits per heavy atom. The summed E-state index contributed by atoms with van der Waals surface area (Å²) in [4.78, 5) is 13.2. The number of nitrogens with zero attached hydrogens (tertiary/aromatic N) is 6. The topological polar surface area (TPSA) is 59.2 Å². The van der Waals surface area contributed by atoms with E-state index in [0.29, 0.717) is 6.54 Å². The molecule has 126 valence electrons. The van der Waals surface area contributed by atoms with Gasteiger partial charge in [-0.25, -0.2) is 4.98 Å². The summed E-state index contributed by atoms with van der Waals surface area (Å²) < 4.78 is 40.7. The van der Waals surface area contributed by atoms with Gasteiger partial charge in [0.25, 0.3) is 5.78 Å². The van der Waals surface area contributed by atoms with E-state index in [2.05, 4.69) is 20.1 Å². The molecule has 0 aliphatic carbocycles. The monoisotopic (exact) mass is 336 g/mol. The van der Waals surface area contributed by atoms with Gasteiger partial charge >= 0.3 is 6.18 Å². The van der Waals surface area contributed by atoms with E-state index in [1.807, 2.05) is 19.9 Å². The smallest absolute Gasteiger partial charge is 0.350 e. The van der Waals surface area contributed by atoms with E-state index in [-0.39, 0.29) is 17.6 Å². The Morgan fingerprint density at radius 1 is 1.33 bits per heavy atom. The zero-order chi connectivity index (χ0) is 17.3. The van der Waals surface area contributed by atoms with Crippen LogP contribution in [0.5, 0.6) is 0 Å². The van der Waals surface area contributed by atoms with Gasteiger partial charge in [-0.3, -0.25) is 4.98 Å². The maximum absolute atomic E-state index is 13.1. The standard InChI is InChI=1S/C15H15F3N6/c1-3-23(10(2)11-5-4-6-19-8-11)13-7-12(15(16,17)18)22-14-20-9-21-24(13)14/h4-10H,3H2,1-2H3. The average Bonchev–Trinajstić information content (AvgIpc) is 3.04. The third kappa shape index (κ3) is 2.89. The summed E-state index contributed by atoms with van der Waals surface area (Å²) in [6.07, 6.45) is -0.0258. The minimum atomic E-state index is -4.56. The van der Waals surface area contributed by atoms with Crippen molar-refractivity contribution in [2.24, 2.45) is 0 Å². The second-order valence-corrected chi connectivity index (χ2v) is 5.22. The molecule has 0 spiro atoms. The van der Waals surface area contributed by atoms with Crippen LogP contribution in [0.15, 0.2) is 36.9 Å². The Kier molecular flexibility index (Phi) is 4.08. The van der Waals surface area contributed by atoms with Gasteiger partial charge in [0.05, 0.1) is 6.04 Å². The van der Waals surface area contributed by atoms with Crippen molar-refractivity contribution in [1.82, 2.24) is 24.6 Å². The molecular formula is C15H15F3N6. The fourth-order valence-corrected chi connectivity index (χ4v) is 2.58. The predicted octanol–water partition coefficient (Wildman–Crippen LogP) is 3.13. The summed E-state index contributed by atoms with van der Waals surface area (Å²) >= 11 is 0. The highest BCUT2D eigenvalue weighted by Gasteiger charge is 2.35. The lowest BCUT2D eigenvalue weighted by Crippen LogP contribution is -2.29. The number of fused-ring (bicyclic) bond motifs is 1. The first kappa shape index (κ1) is 16.2. The lowest BCUT2D eigenvalue weighted by molar-refractivity contribution is -0.141. The molecule has 3 heterocycles. The molecule has 0 N–H and O–H groups in total. The first-order chi connectivity index (χ1) is 11.4. The summed E-state index contributed by atoms with van der Waals surface area (Å²) in [7, 11) is 0. The van der Waals surface area contributed by atoms with Crippen LogP contribution in [0, 0.1) is 0 Å². The van der Waals surface area contributed by atoms with E-state index < -0.39 is 11.9 Å². The number of alkyl halides is 3. The van der Waals surface area contributed by atoms with Crippen molar-refractivity contribution in [3.05, 3.63) is 48.2 Å². The molecule has 0 saturated carbocycles. The van der Waals surface area contributed by atoms with Gasteiger partial charge in [-0.15, -0.1) is 0 Å². The summed E-state index contributed by atoms with van der Waals surface area (Å²) in [5, 5.41) is 4.01. The third-order valence-electron chi connectivity index (χ3n) is 3.79. The molecule has 0 bridgehead atoms. The molecular weight excluding hydrogens is 321 g/mol. The van der Waals surface area contributed by atoms with E-state index >= 15 is 0 Å². The zero-order valence-electron chi connectivity index (χ0n) is 13.1. The second kappa shape index (κ2) is 6.06. The fraction of sp³-hybridized carbons (Fsp3) is 0.333. The van der Waals surface area contributed by atoms with Crippen LogP contribution in [-0.4, -0.2) is 31.1 Å². The van der Waals surface area contributed by atoms with Gasteiger partial charge in [0, 0.05) is 25.0 Å². The van der Waals surface area contributed by atoms with Gasteiger partial charge < -0.3 is 4.90 Å². The molecule has 0 aromatic carbocycles. The number of rotatable bonds is 4. The van der Waals surface area contributed by atoms with Crippen molar-refractivity contribution in [2.45, 2.75) is 26.1 Å². The van der Waals surface area contributed by atoms with Gasteiger partial charge in [-0.2, -0.15) is 27.8 Å². The van der Waals surface area contributed by atoms with Gasteiger partial charge in [-0.1, -0.05) is 6.07 Å². The molecule has 3 rings (SSSR count). The number of hydrogen-bond donors (Lipinski definition) is 0. The largest absolute Gasteiger partial charge is 0.433 e. The van der Waals surface area contributed by atoms with Gasteiger partial charge in [-0.05, 0) is 25.5 Å². The molecule has 3 aromatic rings. The van der Waals surface area contributed by atoms with Crippen molar-refractivity contribution < 1.29 is 13.2 Å². The Hall–Kier alpha value is -2.71. The first-order valence-electron chi connectivity index (χ1n) is 7.36. The van der Waals surface area contributed by atoms with Crippen LogP contribution in [0.1, 0.15) is 31.1 Å². The molecule has 0 aliphatic rings. The molecule has 1 atom stereocenters. The minimum Gasteiger partial charge on any atom is -0.350 e. The highest BCUT2D eigenvalue weighted by molar-refractivity contribution is 5.49. The van der Waals surface area contributed by atoms with Crippen LogP contribution in [0.3, 0.4) is 0 Å². The van der Waals surface area contributed by atoms with E-state index in [1.165, 1.54) is 10.8 Å². The van der Waals surface area contributed by atoms with Crippen LogP contribution in [0.4, 0.5) is 19.0 Å². The minimum absolute atomic E-state index is 0.0864. The summed E-state index contributed by atoms with van der Waals surface area (Å²) in [6.45, 7) is 4.24. The van der Waals surface area contributed by atoms with E-state index in [1.54, 1.807) is 23.4 Å². The van der Waals surface area contributed by atoms with E-state index in [9.17, 15) is 13.2 Å². The van der Waals surface area contributed by atoms with Crippen molar-refractivity contribution >= 4 is 11.6 Å². The number of hydrogen-bond acceptors (Lipinski definition) is 5. The highest BCUT2D eigenvalue weighted by Crippen LogP contribution is 2.33. The van der Waals surface area contributed by atoms with Crippen LogP contribution in [0.25, 0.3) is 5.78 Å². The number of anilines is 1. The molecule has 24 heavy (non-hydrogen) atoms. The zero-order valence-corrected chi connectivity index (χ0v) is 13.1. The number of pyridine rings is 1. The van der Waals surface area contributed by atoms with Crippen molar-refractivity contribution in [2.75, 3.05) is 11.4 Å². The van der Waals surface area contributed by atoms with Crippen molar-refractivity contribution in [3.8, 4) is 0 Å². The molecule has 0 amide bonds. The van der Waals surface area contributed by atoms with Gasteiger partial charge in [0.2, 0.25) is 0 Å². The molecule has 0 saturated heterocycles. The molecule has 0 fully saturated rings. The second-order valence-electron chi connectivity index (χ2n) is 5.22. The maximum Gasteiger partial charge on any atom is 0.433 e. The number of aromatic nitrogens is 5. The third-order valence-corrected chi connectivity index (χ3v) is 3.79. The van der Waals surface area contributed by atoms with Gasteiger partial charge in [0.15, 0.2) is 5.69 Å². The Balaban J connectivity index is 2.13. The van der Waals surface area contributed by atoms with Crippen LogP contribution < -0.4 is 4.90 Å². The highest BCUT2D eigenvalue weighted by atomic mass is 19.4. The molecule has 1 unspecified atom stereocenters. The molecule has 3 aromatic heterocycles. The first-order valence-corrected chi connectivity index (χ1v) is 7.36. The average molecular weight is 336 g/mol. The Bertz CT molecular complexity index is 830. The van der Waals surface area contributed by atoms with E-state index in [4.69, 9.17) is 0 Å². The normalized spacial score (nSPS) is 13.2. The summed E-state index contributed by atoms with van der Waals surface area (Å²) in [5.74, 6) is 0.195. The van der Waals surface area contributed by atoms with Crippen LogP contribution >= 0.6 is 0 Å². The van der Waals surface area contributed by atoms with Gasteiger partial charge in [0.1, 0.15) is 12.1 Å². The number of halogens is 3. The fourth-order valence-electron chi connectivity index (χ4n) is 2.58. The van der Waals surface area contributed by atoms with Crippen LogP contribution in [-0.2, 0) is 6.18 Å².